The lowest BCUT2D eigenvalue weighted by Crippen LogP contribution is -2.22. The third-order valence-corrected chi connectivity index (χ3v) is 2.20. The van der Waals surface area contributed by atoms with Crippen molar-refractivity contribution in [3.63, 3.8) is 0 Å². The first-order chi connectivity index (χ1) is 8.08. The van der Waals surface area contributed by atoms with Gasteiger partial charge in [-0.05, 0) is 44.2 Å². The summed E-state index contributed by atoms with van der Waals surface area (Å²) < 4.78 is 5.38. The van der Waals surface area contributed by atoms with E-state index in [1.54, 1.807) is 0 Å². The van der Waals surface area contributed by atoms with E-state index in [1.807, 2.05) is 50.3 Å². The molecular weight excluding hydrogens is 234 g/mol. The summed E-state index contributed by atoms with van der Waals surface area (Å²) in [6.45, 7) is 8.33. The lowest BCUT2D eigenvalue weighted by Gasteiger charge is -2.12. The summed E-state index contributed by atoms with van der Waals surface area (Å²) in [6.07, 6.45) is 3.90. The Labute approximate surface area is 108 Å². The van der Waals surface area contributed by atoms with Crippen molar-refractivity contribution in [2.75, 3.05) is 6.61 Å². The number of ether oxygens (including phenoxy) is 1. The maximum absolute atomic E-state index is 5.88. The van der Waals surface area contributed by atoms with E-state index in [-0.39, 0.29) is 0 Å². The molecule has 1 aromatic carbocycles. The van der Waals surface area contributed by atoms with Crippen LogP contribution in [0.1, 0.15) is 19.4 Å². The van der Waals surface area contributed by atoms with Crippen molar-refractivity contribution in [1.82, 2.24) is 5.32 Å². The van der Waals surface area contributed by atoms with Gasteiger partial charge < -0.3 is 10.1 Å². The van der Waals surface area contributed by atoms with Crippen LogP contribution in [0.4, 0.5) is 0 Å². The third-order valence-electron chi connectivity index (χ3n) is 1.96. The van der Waals surface area contributed by atoms with Crippen molar-refractivity contribution >= 4 is 17.7 Å². The molecule has 0 fully saturated rings. The molecule has 1 N–H and O–H groups in total. The van der Waals surface area contributed by atoms with Gasteiger partial charge in [0.1, 0.15) is 6.61 Å². The lowest BCUT2D eigenvalue weighted by atomic mass is 10.2. The van der Waals surface area contributed by atoms with Crippen LogP contribution in [0.25, 0.3) is 6.08 Å². The second-order valence-corrected chi connectivity index (χ2v) is 4.43. The van der Waals surface area contributed by atoms with Gasteiger partial charge in [0, 0.05) is 11.1 Å². The highest BCUT2D eigenvalue weighted by molar-refractivity contribution is 6.30. The highest BCUT2D eigenvalue weighted by atomic mass is 35.5. The molecule has 0 heterocycles. The molecule has 0 atom stereocenters. The zero-order chi connectivity index (χ0) is 12.7. The molecule has 0 aliphatic heterocycles. The number of halogens is 1. The van der Waals surface area contributed by atoms with E-state index in [2.05, 4.69) is 11.9 Å². The van der Waals surface area contributed by atoms with Crippen molar-refractivity contribution in [2.24, 2.45) is 0 Å². The van der Waals surface area contributed by atoms with Crippen LogP contribution in [-0.2, 0) is 4.74 Å². The molecule has 0 aliphatic rings. The minimum Gasteiger partial charge on any atom is -0.476 e. The zero-order valence-electron chi connectivity index (χ0n) is 10.2. The Morgan fingerprint density at radius 2 is 2.29 bits per heavy atom. The molecule has 0 radical (unpaired) electrons. The summed E-state index contributed by atoms with van der Waals surface area (Å²) in [5.41, 5.74) is 1.06. The smallest absolute Gasteiger partial charge is 0.179 e. The van der Waals surface area contributed by atoms with Gasteiger partial charge in [-0.15, -0.1) is 0 Å². The average Bonchev–Trinajstić information content (AvgIpc) is 2.23. The van der Waals surface area contributed by atoms with Crippen molar-refractivity contribution < 1.29 is 4.74 Å². The van der Waals surface area contributed by atoms with Gasteiger partial charge >= 0.3 is 0 Å². The highest BCUT2D eigenvalue weighted by Crippen LogP contribution is 2.11. The molecule has 0 aromatic heterocycles. The number of hydrogen-bond donors (Lipinski definition) is 1. The van der Waals surface area contributed by atoms with Gasteiger partial charge in [0.05, 0.1) is 0 Å². The largest absolute Gasteiger partial charge is 0.476 e. The molecule has 0 unspecified atom stereocenters. The molecule has 0 spiro atoms. The fraction of sp³-hybridized carbons (Fsp3) is 0.286. The van der Waals surface area contributed by atoms with Crippen LogP contribution in [0.2, 0.25) is 5.02 Å². The van der Waals surface area contributed by atoms with Crippen LogP contribution in [0.15, 0.2) is 42.8 Å². The Balaban J connectivity index is 2.33. The fourth-order valence-electron chi connectivity index (χ4n) is 1.31. The SMILES string of the molecule is C=C(NC(C)C)OC/C=C/c1cccc(Cl)c1. The predicted octanol–water partition coefficient (Wildman–Crippen LogP) is 3.84. The van der Waals surface area contributed by atoms with Crippen LogP contribution in [0.3, 0.4) is 0 Å². The van der Waals surface area contributed by atoms with Crippen LogP contribution in [0, 0.1) is 0 Å². The Hall–Kier alpha value is -1.41. The molecule has 92 valence electrons. The molecule has 0 saturated heterocycles. The van der Waals surface area contributed by atoms with Gasteiger partial charge in [-0.1, -0.05) is 29.8 Å². The molecule has 1 rings (SSSR count). The number of hydrogen-bond acceptors (Lipinski definition) is 2. The highest BCUT2D eigenvalue weighted by Gasteiger charge is 1.94. The first-order valence-corrected chi connectivity index (χ1v) is 5.96. The molecule has 0 saturated carbocycles. The molecule has 0 bridgehead atoms. The van der Waals surface area contributed by atoms with E-state index >= 15 is 0 Å². The van der Waals surface area contributed by atoms with Crippen LogP contribution in [0.5, 0.6) is 0 Å². The van der Waals surface area contributed by atoms with Gasteiger partial charge in [0.25, 0.3) is 0 Å². The van der Waals surface area contributed by atoms with Gasteiger partial charge in [0.15, 0.2) is 5.88 Å². The second-order valence-electron chi connectivity index (χ2n) is 3.99. The van der Waals surface area contributed by atoms with Crippen molar-refractivity contribution in [3.8, 4) is 0 Å². The average molecular weight is 252 g/mol. The summed E-state index contributed by atoms with van der Waals surface area (Å²) in [5, 5.41) is 3.81. The van der Waals surface area contributed by atoms with Gasteiger partial charge in [0.2, 0.25) is 0 Å². The first-order valence-electron chi connectivity index (χ1n) is 5.58. The van der Waals surface area contributed by atoms with E-state index in [0.29, 0.717) is 18.5 Å². The number of rotatable bonds is 6. The Morgan fingerprint density at radius 1 is 1.53 bits per heavy atom. The minimum absolute atomic E-state index is 0.333. The normalized spacial score (nSPS) is 10.8. The third kappa shape index (κ3) is 6.03. The van der Waals surface area contributed by atoms with E-state index in [4.69, 9.17) is 16.3 Å². The fourth-order valence-corrected chi connectivity index (χ4v) is 1.51. The summed E-state index contributed by atoms with van der Waals surface area (Å²) in [7, 11) is 0. The summed E-state index contributed by atoms with van der Waals surface area (Å²) in [5.74, 6) is 0.593. The summed E-state index contributed by atoms with van der Waals surface area (Å²) in [6, 6.07) is 7.99. The molecule has 17 heavy (non-hydrogen) atoms. The zero-order valence-corrected chi connectivity index (χ0v) is 11.0. The number of nitrogens with one attached hydrogen (secondary N) is 1. The van der Waals surface area contributed by atoms with Gasteiger partial charge in [-0.25, -0.2) is 0 Å². The quantitative estimate of drug-likeness (QED) is 0.776. The Bertz CT molecular complexity index is 399. The van der Waals surface area contributed by atoms with Crippen molar-refractivity contribution in [3.05, 3.63) is 53.4 Å². The molecule has 0 aliphatic carbocycles. The van der Waals surface area contributed by atoms with Crippen molar-refractivity contribution in [1.29, 1.82) is 0 Å². The second kappa shape index (κ2) is 7.02. The standard InChI is InChI=1S/C14H18ClNO/c1-11(2)16-12(3)17-9-5-7-13-6-4-8-14(15)10-13/h4-8,10-11,16H,3,9H2,1-2H3/b7-5+. The van der Waals surface area contributed by atoms with E-state index in [9.17, 15) is 0 Å². The van der Waals surface area contributed by atoms with Crippen molar-refractivity contribution in [2.45, 2.75) is 19.9 Å². The molecule has 2 nitrogen and oxygen atoms in total. The number of benzene rings is 1. The Morgan fingerprint density at radius 3 is 2.94 bits per heavy atom. The van der Waals surface area contributed by atoms with E-state index in [0.717, 1.165) is 10.6 Å². The minimum atomic E-state index is 0.333. The Kier molecular flexibility index (Phi) is 5.64. The monoisotopic (exact) mass is 251 g/mol. The predicted molar refractivity (Wildman–Crippen MR) is 73.8 cm³/mol. The molecule has 3 heteroatoms. The maximum Gasteiger partial charge on any atom is 0.179 e. The first kappa shape index (κ1) is 13.7. The van der Waals surface area contributed by atoms with E-state index < -0.39 is 0 Å². The lowest BCUT2D eigenvalue weighted by molar-refractivity contribution is 0.218. The van der Waals surface area contributed by atoms with Gasteiger partial charge in [-0.3, -0.25) is 0 Å². The topological polar surface area (TPSA) is 21.3 Å². The van der Waals surface area contributed by atoms with Crippen LogP contribution >= 0.6 is 11.6 Å². The van der Waals surface area contributed by atoms with E-state index in [1.165, 1.54) is 0 Å². The maximum atomic E-state index is 5.88. The van der Waals surface area contributed by atoms with Crippen LogP contribution in [-0.4, -0.2) is 12.6 Å². The van der Waals surface area contributed by atoms with Crippen LogP contribution < -0.4 is 5.32 Å². The van der Waals surface area contributed by atoms with Gasteiger partial charge in [-0.2, -0.15) is 0 Å². The molecular formula is C14H18ClNO. The summed E-state index contributed by atoms with van der Waals surface area (Å²) in [4.78, 5) is 0. The summed E-state index contributed by atoms with van der Waals surface area (Å²) >= 11 is 5.88. The molecule has 1 aromatic rings. The molecule has 0 amide bonds.